The maximum absolute atomic E-state index is 5.80. The Morgan fingerprint density at radius 2 is 1.96 bits per heavy atom. The first-order valence-corrected chi connectivity index (χ1v) is 9.17. The Kier molecular flexibility index (Phi) is 10.5. The molecule has 2 aliphatic heterocycles. The Balaban J connectivity index is 0.00000288. The van der Waals surface area contributed by atoms with Gasteiger partial charge in [0.15, 0.2) is 5.96 Å². The molecule has 0 aromatic rings. The summed E-state index contributed by atoms with van der Waals surface area (Å²) in [5, 5.41) is 6.98. The largest absolute Gasteiger partial charge is 0.374 e. The van der Waals surface area contributed by atoms with Gasteiger partial charge in [-0.3, -0.25) is 4.99 Å². The molecule has 24 heavy (non-hydrogen) atoms. The summed E-state index contributed by atoms with van der Waals surface area (Å²) in [6, 6.07) is 1.18. The van der Waals surface area contributed by atoms with Gasteiger partial charge in [-0.25, -0.2) is 0 Å². The molecule has 142 valence electrons. The summed E-state index contributed by atoms with van der Waals surface area (Å²) in [6.07, 6.45) is 2.59. The summed E-state index contributed by atoms with van der Waals surface area (Å²) in [4.78, 5) is 9.61. The molecular weight excluding hydrogens is 417 g/mol. The monoisotopic (exact) mass is 453 g/mol. The van der Waals surface area contributed by atoms with Gasteiger partial charge in [-0.2, -0.15) is 0 Å². The van der Waals surface area contributed by atoms with Crippen molar-refractivity contribution in [1.29, 1.82) is 0 Å². The second-order valence-electron chi connectivity index (χ2n) is 7.02. The minimum absolute atomic E-state index is 0. The minimum atomic E-state index is 0. The Morgan fingerprint density at radius 1 is 1.25 bits per heavy atom. The van der Waals surface area contributed by atoms with Crippen molar-refractivity contribution in [2.75, 3.05) is 52.9 Å². The fourth-order valence-corrected chi connectivity index (χ4v) is 3.24. The van der Waals surface area contributed by atoms with Crippen molar-refractivity contribution in [1.82, 2.24) is 20.4 Å². The van der Waals surface area contributed by atoms with E-state index in [0.717, 1.165) is 38.7 Å². The molecule has 2 aliphatic rings. The molecule has 0 aromatic heterocycles. The van der Waals surface area contributed by atoms with Crippen LogP contribution >= 0.6 is 24.0 Å². The number of likely N-dealkylation sites (tertiary alicyclic amines) is 1. The summed E-state index contributed by atoms with van der Waals surface area (Å²) in [7, 11) is 2.14. The molecule has 7 heteroatoms. The van der Waals surface area contributed by atoms with Crippen LogP contribution in [0.1, 0.15) is 33.6 Å². The van der Waals surface area contributed by atoms with E-state index in [9.17, 15) is 0 Å². The maximum atomic E-state index is 5.80. The van der Waals surface area contributed by atoms with Gasteiger partial charge in [0.1, 0.15) is 0 Å². The van der Waals surface area contributed by atoms with Crippen LogP contribution in [-0.4, -0.2) is 86.9 Å². The number of hydrogen-bond donors (Lipinski definition) is 2. The van der Waals surface area contributed by atoms with Crippen LogP contribution in [0.25, 0.3) is 0 Å². The third kappa shape index (κ3) is 7.41. The van der Waals surface area contributed by atoms with E-state index in [-0.39, 0.29) is 30.1 Å². The van der Waals surface area contributed by atoms with E-state index in [0.29, 0.717) is 12.1 Å². The summed E-state index contributed by atoms with van der Waals surface area (Å²) < 4.78 is 5.80. The van der Waals surface area contributed by atoms with Crippen LogP contribution in [0, 0.1) is 0 Å². The topological polar surface area (TPSA) is 52.1 Å². The van der Waals surface area contributed by atoms with Gasteiger partial charge in [-0.05, 0) is 40.7 Å². The minimum Gasteiger partial charge on any atom is -0.374 e. The van der Waals surface area contributed by atoms with E-state index in [1.807, 2.05) is 0 Å². The fraction of sp³-hybridized carbons (Fsp3) is 0.941. The zero-order valence-electron chi connectivity index (χ0n) is 15.8. The molecular formula is C17H36IN5O. The van der Waals surface area contributed by atoms with E-state index in [4.69, 9.17) is 9.73 Å². The average Bonchev–Trinajstić information content (AvgIpc) is 2.53. The van der Waals surface area contributed by atoms with E-state index in [1.54, 1.807) is 0 Å². The molecule has 0 aromatic carbocycles. The Morgan fingerprint density at radius 3 is 2.54 bits per heavy atom. The molecule has 0 amide bonds. The lowest BCUT2D eigenvalue weighted by molar-refractivity contribution is -0.0136. The zero-order valence-corrected chi connectivity index (χ0v) is 18.1. The lowest BCUT2D eigenvalue weighted by Crippen LogP contribution is -2.50. The molecule has 2 N–H and O–H groups in total. The van der Waals surface area contributed by atoms with Crippen molar-refractivity contribution < 1.29 is 4.74 Å². The number of halogens is 1. The summed E-state index contributed by atoms with van der Waals surface area (Å²) in [6.45, 7) is 13.4. The fourth-order valence-electron chi connectivity index (χ4n) is 3.24. The highest BCUT2D eigenvalue weighted by atomic mass is 127. The van der Waals surface area contributed by atoms with Crippen LogP contribution in [0.5, 0.6) is 0 Å². The lowest BCUT2D eigenvalue weighted by Gasteiger charge is -2.35. The van der Waals surface area contributed by atoms with Crippen molar-refractivity contribution in [3.63, 3.8) is 0 Å². The molecule has 1 atom stereocenters. The van der Waals surface area contributed by atoms with Gasteiger partial charge in [0.25, 0.3) is 0 Å². The highest BCUT2D eigenvalue weighted by molar-refractivity contribution is 14.0. The molecule has 0 bridgehead atoms. The first-order valence-electron chi connectivity index (χ1n) is 9.17. The zero-order chi connectivity index (χ0) is 16.7. The van der Waals surface area contributed by atoms with Gasteiger partial charge in [0.2, 0.25) is 0 Å². The highest BCUT2D eigenvalue weighted by Gasteiger charge is 2.22. The van der Waals surface area contributed by atoms with E-state index >= 15 is 0 Å². The number of ether oxygens (including phenoxy) is 1. The third-order valence-corrected chi connectivity index (χ3v) is 4.74. The van der Waals surface area contributed by atoms with E-state index < -0.39 is 0 Å². The molecule has 0 spiro atoms. The number of nitrogens with zero attached hydrogens (tertiary/aromatic N) is 3. The van der Waals surface area contributed by atoms with Crippen LogP contribution in [-0.2, 0) is 4.74 Å². The Hall–Kier alpha value is -0.120. The number of likely N-dealkylation sites (N-methyl/N-ethyl adjacent to an activating group) is 1. The Labute approximate surface area is 164 Å². The summed E-state index contributed by atoms with van der Waals surface area (Å²) >= 11 is 0. The Bertz CT molecular complexity index is 372. The van der Waals surface area contributed by atoms with Crippen LogP contribution in [0.4, 0.5) is 0 Å². The third-order valence-electron chi connectivity index (χ3n) is 4.74. The van der Waals surface area contributed by atoms with E-state index in [2.05, 4.69) is 48.3 Å². The van der Waals surface area contributed by atoms with E-state index in [1.165, 1.54) is 25.9 Å². The highest BCUT2D eigenvalue weighted by Crippen LogP contribution is 2.12. The maximum Gasteiger partial charge on any atom is 0.191 e. The van der Waals surface area contributed by atoms with Crippen molar-refractivity contribution in [3.05, 3.63) is 0 Å². The first kappa shape index (κ1) is 21.9. The van der Waals surface area contributed by atoms with Gasteiger partial charge >= 0.3 is 0 Å². The molecule has 1 unspecified atom stereocenters. The summed E-state index contributed by atoms with van der Waals surface area (Å²) in [5.74, 6) is 0.937. The van der Waals surface area contributed by atoms with Crippen molar-refractivity contribution in [2.24, 2.45) is 4.99 Å². The van der Waals surface area contributed by atoms with Crippen LogP contribution in [0.15, 0.2) is 4.99 Å². The van der Waals surface area contributed by atoms with Gasteiger partial charge in [0, 0.05) is 44.8 Å². The second-order valence-corrected chi connectivity index (χ2v) is 7.02. The quantitative estimate of drug-likeness (QED) is 0.374. The molecule has 2 fully saturated rings. The predicted octanol–water partition coefficient (Wildman–Crippen LogP) is 1.36. The average molecular weight is 453 g/mol. The summed E-state index contributed by atoms with van der Waals surface area (Å²) in [5.41, 5.74) is 0. The number of aliphatic imine (C=N–C) groups is 1. The normalized spacial score (nSPS) is 24.7. The predicted molar refractivity (Wildman–Crippen MR) is 111 cm³/mol. The van der Waals surface area contributed by atoms with Crippen LogP contribution in [0.2, 0.25) is 0 Å². The molecule has 6 nitrogen and oxygen atoms in total. The lowest BCUT2D eigenvalue weighted by atomic mass is 10.0. The number of nitrogens with one attached hydrogen (secondary N) is 2. The molecule has 0 radical (unpaired) electrons. The van der Waals surface area contributed by atoms with Gasteiger partial charge in [0.05, 0.1) is 19.3 Å². The van der Waals surface area contributed by atoms with Gasteiger partial charge < -0.3 is 25.2 Å². The SMILES string of the molecule is CCNC(=NCC1CN(C)CCO1)NC1CCN(C(C)C)CC1.I. The smallest absolute Gasteiger partial charge is 0.191 e. The van der Waals surface area contributed by atoms with Crippen molar-refractivity contribution in [3.8, 4) is 0 Å². The standard InChI is InChI=1S/C17H35N5O.HI/c1-5-18-17(19-12-16-13-21(4)10-11-23-16)20-15-6-8-22(9-7-15)14(2)3;/h14-16H,5-13H2,1-4H3,(H2,18,19,20);1H. The molecule has 2 rings (SSSR count). The number of morpholine rings is 1. The van der Waals surface area contributed by atoms with Crippen LogP contribution in [0.3, 0.4) is 0 Å². The van der Waals surface area contributed by atoms with Crippen molar-refractivity contribution >= 4 is 29.9 Å². The van der Waals surface area contributed by atoms with Crippen molar-refractivity contribution in [2.45, 2.75) is 51.8 Å². The molecule has 2 heterocycles. The van der Waals surface area contributed by atoms with Gasteiger partial charge in [-0.15, -0.1) is 24.0 Å². The molecule has 0 saturated carbocycles. The molecule has 0 aliphatic carbocycles. The number of guanidine groups is 1. The first-order chi connectivity index (χ1) is 11.1. The van der Waals surface area contributed by atoms with Crippen LogP contribution < -0.4 is 10.6 Å². The number of rotatable bonds is 5. The van der Waals surface area contributed by atoms with Gasteiger partial charge in [-0.1, -0.05) is 0 Å². The number of piperidine rings is 1. The molecule has 2 saturated heterocycles. The second kappa shape index (κ2) is 11.5. The number of hydrogen-bond acceptors (Lipinski definition) is 4.